The summed E-state index contributed by atoms with van der Waals surface area (Å²) in [4.78, 5) is 12.0. The Labute approximate surface area is 108 Å². The van der Waals surface area contributed by atoms with Gasteiger partial charge in [0.25, 0.3) is 5.91 Å². The van der Waals surface area contributed by atoms with Crippen LogP contribution in [0.3, 0.4) is 0 Å². The first-order chi connectivity index (χ1) is 8.72. The Bertz CT molecular complexity index is 420. The Morgan fingerprint density at radius 2 is 2.28 bits per heavy atom. The van der Waals surface area contributed by atoms with Gasteiger partial charge in [-0.15, -0.1) is 0 Å². The minimum atomic E-state index is -0.102. The van der Waals surface area contributed by atoms with Crippen LogP contribution in [0.25, 0.3) is 0 Å². The second-order valence-corrected chi connectivity index (χ2v) is 4.66. The third kappa shape index (κ3) is 2.82. The van der Waals surface area contributed by atoms with Crippen LogP contribution in [-0.2, 0) is 4.74 Å². The van der Waals surface area contributed by atoms with E-state index in [9.17, 15) is 4.79 Å². The number of anilines is 1. The van der Waals surface area contributed by atoms with Crippen molar-refractivity contribution >= 4 is 11.6 Å². The average Bonchev–Trinajstić information content (AvgIpc) is 2.84. The fourth-order valence-electron chi connectivity index (χ4n) is 2.40. The van der Waals surface area contributed by atoms with Crippen molar-refractivity contribution in [2.75, 3.05) is 18.9 Å². The molecule has 1 fully saturated rings. The molecule has 0 aliphatic carbocycles. The van der Waals surface area contributed by atoms with Crippen molar-refractivity contribution in [1.29, 1.82) is 0 Å². The molecule has 3 N–H and O–H groups in total. The van der Waals surface area contributed by atoms with Gasteiger partial charge >= 0.3 is 0 Å². The second kappa shape index (κ2) is 5.87. The van der Waals surface area contributed by atoms with Gasteiger partial charge in [-0.1, -0.05) is 19.1 Å². The normalized spacial score (nSPS) is 22.9. The van der Waals surface area contributed by atoms with E-state index in [1.54, 1.807) is 12.1 Å². The molecule has 1 aliphatic rings. The maximum Gasteiger partial charge on any atom is 0.253 e. The maximum atomic E-state index is 12.0. The summed E-state index contributed by atoms with van der Waals surface area (Å²) in [5.41, 5.74) is 6.84. The highest BCUT2D eigenvalue weighted by molar-refractivity contribution is 5.99. The summed E-state index contributed by atoms with van der Waals surface area (Å²) in [7, 11) is 0. The molecule has 18 heavy (non-hydrogen) atoms. The molecule has 2 atom stereocenters. The Morgan fingerprint density at radius 1 is 1.50 bits per heavy atom. The summed E-state index contributed by atoms with van der Waals surface area (Å²) in [6.07, 6.45) is 2.29. The molecule has 4 nitrogen and oxygen atoms in total. The van der Waals surface area contributed by atoms with Crippen molar-refractivity contribution in [1.82, 2.24) is 5.32 Å². The number of carbonyl (C=O) groups excluding carboxylic acids is 1. The standard InChI is InChI=1S/C14H20N2O2/c1-2-13-10(7-8-18-13)9-16-14(17)11-5-3-4-6-12(11)15/h3-6,10,13H,2,7-9,15H2,1H3,(H,16,17). The first-order valence-electron chi connectivity index (χ1n) is 6.46. The minimum absolute atomic E-state index is 0.102. The molecule has 1 aromatic carbocycles. The van der Waals surface area contributed by atoms with Gasteiger partial charge in [-0.3, -0.25) is 4.79 Å². The molecule has 2 rings (SSSR count). The average molecular weight is 248 g/mol. The van der Waals surface area contributed by atoms with Gasteiger partial charge in [-0.25, -0.2) is 0 Å². The highest BCUT2D eigenvalue weighted by atomic mass is 16.5. The quantitative estimate of drug-likeness (QED) is 0.799. The largest absolute Gasteiger partial charge is 0.398 e. The molecule has 0 bridgehead atoms. The van der Waals surface area contributed by atoms with Gasteiger partial charge in [0.05, 0.1) is 11.7 Å². The summed E-state index contributed by atoms with van der Waals surface area (Å²) in [6.45, 7) is 3.57. The zero-order chi connectivity index (χ0) is 13.0. The topological polar surface area (TPSA) is 64.3 Å². The van der Waals surface area contributed by atoms with Gasteiger partial charge in [0.2, 0.25) is 0 Å². The summed E-state index contributed by atoms with van der Waals surface area (Å²) in [5, 5.41) is 2.95. The molecular weight excluding hydrogens is 228 g/mol. The number of amides is 1. The Kier molecular flexibility index (Phi) is 4.20. The van der Waals surface area contributed by atoms with Crippen molar-refractivity contribution < 1.29 is 9.53 Å². The van der Waals surface area contributed by atoms with Gasteiger partial charge in [0, 0.05) is 24.8 Å². The number of rotatable bonds is 4. The number of nitrogen functional groups attached to an aromatic ring is 1. The predicted octanol–water partition coefficient (Wildman–Crippen LogP) is 1.81. The first kappa shape index (κ1) is 12.9. The van der Waals surface area contributed by atoms with Crippen LogP contribution in [0.15, 0.2) is 24.3 Å². The van der Waals surface area contributed by atoms with Crippen LogP contribution >= 0.6 is 0 Å². The third-order valence-corrected chi connectivity index (χ3v) is 3.48. The van der Waals surface area contributed by atoms with E-state index < -0.39 is 0 Å². The molecule has 1 heterocycles. The Hall–Kier alpha value is -1.55. The minimum Gasteiger partial charge on any atom is -0.398 e. The van der Waals surface area contributed by atoms with E-state index in [0.29, 0.717) is 23.7 Å². The lowest BCUT2D eigenvalue weighted by molar-refractivity contribution is 0.0827. The smallest absolute Gasteiger partial charge is 0.253 e. The number of para-hydroxylation sites is 1. The highest BCUT2D eigenvalue weighted by Gasteiger charge is 2.27. The summed E-state index contributed by atoms with van der Waals surface area (Å²) in [6, 6.07) is 7.12. The molecule has 98 valence electrons. The van der Waals surface area contributed by atoms with Gasteiger partial charge < -0.3 is 15.8 Å². The van der Waals surface area contributed by atoms with Crippen molar-refractivity contribution in [3.05, 3.63) is 29.8 Å². The zero-order valence-corrected chi connectivity index (χ0v) is 10.7. The van der Waals surface area contributed by atoms with Crippen LogP contribution in [0.4, 0.5) is 5.69 Å². The third-order valence-electron chi connectivity index (χ3n) is 3.48. The van der Waals surface area contributed by atoms with E-state index in [0.717, 1.165) is 19.4 Å². The molecule has 1 aliphatic heterocycles. The molecule has 2 unspecified atom stereocenters. The van der Waals surface area contributed by atoms with Crippen molar-refractivity contribution in [3.8, 4) is 0 Å². The molecule has 1 saturated heterocycles. The zero-order valence-electron chi connectivity index (χ0n) is 10.7. The lowest BCUT2D eigenvalue weighted by Crippen LogP contribution is -2.33. The number of benzene rings is 1. The molecule has 1 amide bonds. The van der Waals surface area contributed by atoms with E-state index in [2.05, 4.69) is 12.2 Å². The van der Waals surface area contributed by atoms with Crippen molar-refractivity contribution in [3.63, 3.8) is 0 Å². The molecule has 0 radical (unpaired) electrons. The predicted molar refractivity (Wildman–Crippen MR) is 71.3 cm³/mol. The van der Waals surface area contributed by atoms with E-state index in [-0.39, 0.29) is 12.0 Å². The monoisotopic (exact) mass is 248 g/mol. The SMILES string of the molecule is CCC1OCCC1CNC(=O)c1ccccc1N. The van der Waals surface area contributed by atoms with Gasteiger partial charge in [-0.2, -0.15) is 0 Å². The van der Waals surface area contributed by atoms with Crippen LogP contribution in [0, 0.1) is 5.92 Å². The Balaban J connectivity index is 1.91. The van der Waals surface area contributed by atoms with Crippen LogP contribution in [0.2, 0.25) is 0 Å². The van der Waals surface area contributed by atoms with Crippen molar-refractivity contribution in [2.24, 2.45) is 5.92 Å². The van der Waals surface area contributed by atoms with Gasteiger partial charge in [0.15, 0.2) is 0 Å². The highest BCUT2D eigenvalue weighted by Crippen LogP contribution is 2.22. The fraction of sp³-hybridized carbons (Fsp3) is 0.500. The second-order valence-electron chi connectivity index (χ2n) is 4.66. The summed E-state index contributed by atoms with van der Waals surface area (Å²) < 4.78 is 5.60. The van der Waals surface area contributed by atoms with E-state index in [1.807, 2.05) is 12.1 Å². The van der Waals surface area contributed by atoms with Crippen LogP contribution < -0.4 is 11.1 Å². The summed E-state index contributed by atoms with van der Waals surface area (Å²) in [5.74, 6) is 0.318. The van der Waals surface area contributed by atoms with Crippen molar-refractivity contribution in [2.45, 2.75) is 25.9 Å². The number of hydrogen-bond donors (Lipinski definition) is 2. The number of nitrogens with two attached hydrogens (primary N) is 1. The van der Waals surface area contributed by atoms with Crippen LogP contribution in [-0.4, -0.2) is 25.2 Å². The van der Waals surface area contributed by atoms with Crippen LogP contribution in [0.1, 0.15) is 30.1 Å². The first-order valence-corrected chi connectivity index (χ1v) is 6.46. The number of carbonyl (C=O) groups is 1. The van der Waals surface area contributed by atoms with Crippen LogP contribution in [0.5, 0.6) is 0 Å². The van der Waals surface area contributed by atoms with E-state index in [1.165, 1.54) is 0 Å². The molecule has 0 spiro atoms. The Morgan fingerprint density at radius 3 is 3.00 bits per heavy atom. The maximum absolute atomic E-state index is 12.0. The van der Waals surface area contributed by atoms with E-state index in [4.69, 9.17) is 10.5 Å². The molecule has 4 heteroatoms. The lowest BCUT2D eigenvalue weighted by Gasteiger charge is -2.17. The fourth-order valence-corrected chi connectivity index (χ4v) is 2.40. The molecule has 0 saturated carbocycles. The number of hydrogen-bond acceptors (Lipinski definition) is 3. The molecule has 1 aromatic rings. The lowest BCUT2D eigenvalue weighted by atomic mass is 9.99. The van der Waals surface area contributed by atoms with Gasteiger partial charge in [0.1, 0.15) is 0 Å². The molecule has 0 aromatic heterocycles. The number of ether oxygens (including phenoxy) is 1. The van der Waals surface area contributed by atoms with Gasteiger partial charge in [-0.05, 0) is 25.0 Å². The summed E-state index contributed by atoms with van der Waals surface area (Å²) >= 11 is 0. The molecular formula is C14H20N2O2. The number of nitrogens with one attached hydrogen (secondary N) is 1. The van der Waals surface area contributed by atoms with E-state index >= 15 is 0 Å².